The first-order valence-electron chi connectivity index (χ1n) is 11.3. The number of aliphatic hydroxyl groups excluding tert-OH is 1. The third kappa shape index (κ3) is 6.80. The molecule has 0 radical (unpaired) electrons. The van der Waals surface area contributed by atoms with E-state index < -0.39 is 6.67 Å². The smallest absolute Gasteiger partial charge is 0.255 e. The molecule has 1 aliphatic rings. The molecule has 6 nitrogen and oxygen atoms in total. The molecule has 1 aliphatic heterocycles. The Balaban J connectivity index is 1.48. The number of methoxy groups -OCH3 is 1. The molecular formula is C25H32FIN2O4. The lowest BCUT2D eigenvalue weighted by atomic mass is 9.97. The number of hydrogen-bond donors (Lipinski definition) is 2. The summed E-state index contributed by atoms with van der Waals surface area (Å²) in [7, 11) is 1.71. The van der Waals surface area contributed by atoms with Crippen LogP contribution < -0.4 is 14.8 Å². The van der Waals surface area contributed by atoms with Gasteiger partial charge < -0.3 is 19.9 Å². The molecule has 0 bridgehead atoms. The van der Waals surface area contributed by atoms with Gasteiger partial charge in [-0.3, -0.25) is 9.69 Å². The lowest BCUT2D eigenvalue weighted by molar-refractivity contribution is 0.0947. The van der Waals surface area contributed by atoms with Gasteiger partial charge in [0.25, 0.3) is 5.91 Å². The van der Waals surface area contributed by atoms with Gasteiger partial charge in [-0.25, -0.2) is 4.39 Å². The molecule has 0 aliphatic carbocycles. The van der Waals surface area contributed by atoms with E-state index in [0.29, 0.717) is 17.7 Å². The first-order valence-corrected chi connectivity index (χ1v) is 12.3. The monoisotopic (exact) mass is 569 g/mol. The number of benzene rings is 2. The average Bonchev–Trinajstić information content (AvgIpc) is 2.81. The first-order chi connectivity index (χ1) is 16.0. The third-order valence-corrected chi connectivity index (χ3v) is 6.49. The molecule has 2 aromatic carbocycles. The summed E-state index contributed by atoms with van der Waals surface area (Å²) in [4.78, 5) is 15.2. The SMILES string of the molecule is COc1cc2c(cc1C)CN(CCCCNC(=O)c1cc(I)cc(CO)c1OCC[18F])CC2. The summed E-state index contributed by atoms with van der Waals surface area (Å²) in [6.45, 7) is 4.47. The van der Waals surface area contributed by atoms with Crippen LogP contribution in [0.2, 0.25) is 0 Å². The van der Waals surface area contributed by atoms with Crippen LogP contribution in [0.15, 0.2) is 24.3 Å². The van der Waals surface area contributed by atoms with Crippen LogP contribution in [-0.4, -0.2) is 55.9 Å². The van der Waals surface area contributed by atoms with Crippen molar-refractivity contribution in [3.8, 4) is 11.5 Å². The molecule has 0 unspecified atom stereocenters. The van der Waals surface area contributed by atoms with Crippen molar-refractivity contribution in [2.24, 2.45) is 0 Å². The number of halogens is 2. The highest BCUT2D eigenvalue weighted by Crippen LogP contribution is 2.28. The molecule has 0 aromatic heterocycles. The van der Waals surface area contributed by atoms with Crippen LogP contribution in [0.3, 0.4) is 0 Å². The number of rotatable bonds is 11. The highest BCUT2D eigenvalue weighted by molar-refractivity contribution is 14.1. The fourth-order valence-electron chi connectivity index (χ4n) is 4.18. The minimum Gasteiger partial charge on any atom is -0.496 e. The number of aryl methyl sites for hydroxylation is 1. The predicted octanol–water partition coefficient (Wildman–Crippen LogP) is 4.02. The van der Waals surface area contributed by atoms with Crippen molar-refractivity contribution in [2.45, 2.75) is 39.3 Å². The van der Waals surface area contributed by atoms with Gasteiger partial charge in [0.15, 0.2) is 0 Å². The molecule has 0 atom stereocenters. The number of ether oxygens (including phenoxy) is 2. The summed E-state index contributed by atoms with van der Waals surface area (Å²) in [5, 5.41) is 12.5. The minimum atomic E-state index is -0.661. The second-order valence-corrected chi connectivity index (χ2v) is 9.46. The molecule has 0 fully saturated rings. The Hall–Kier alpha value is -1.91. The Bertz CT molecular complexity index is 970. The molecule has 2 aromatic rings. The maximum Gasteiger partial charge on any atom is 0.255 e. The van der Waals surface area contributed by atoms with E-state index in [9.17, 15) is 14.3 Å². The molecule has 1 heterocycles. The van der Waals surface area contributed by atoms with Gasteiger partial charge in [-0.1, -0.05) is 6.07 Å². The Labute approximate surface area is 208 Å². The standard InChI is InChI=1S/C25H32FIN2O4/c1-17-11-19-15-29(9-5-18(19)13-23(17)32-2)8-4-3-7-28-25(31)22-14-21(27)12-20(16-30)24(22)33-10-6-26/h11-14,30H,3-10,15-16H2,1-2H3,(H,28,31)/i26-1. The van der Waals surface area contributed by atoms with E-state index in [1.54, 1.807) is 19.2 Å². The van der Waals surface area contributed by atoms with E-state index in [2.05, 4.69) is 51.9 Å². The molecule has 3 rings (SSSR count). The summed E-state index contributed by atoms with van der Waals surface area (Å²) in [6, 6.07) is 7.82. The van der Waals surface area contributed by atoms with Crippen molar-refractivity contribution < 1.29 is 23.8 Å². The second kappa shape index (κ2) is 12.5. The van der Waals surface area contributed by atoms with Crippen LogP contribution in [0, 0.1) is 10.5 Å². The summed E-state index contributed by atoms with van der Waals surface area (Å²) in [5.41, 5.74) is 4.71. The van der Waals surface area contributed by atoms with Crippen molar-refractivity contribution in [3.05, 3.63) is 55.7 Å². The zero-order valence-electron chi connectivity index (χ0n) is 19.3. The van der Waals surface area contributed by atoms with Crippen LogP contribution >= 0.6 is 22.6 Å². The lowest BCUT2D eigenvalue weighted by Gasteiger charge is -2.29. The van der Waals surface area contributed by atoms with Gasteiger partial charge >= 0.3 is 0 Å². The van der Waals surface area contributed by atoms with Gasteiger partial charge in [-0.05, 0) is 90.2 Å². The summed E-state index contributed by atoms with van der Waals surface area (Å²) in [6.07, 6.45) is 2.85. The largest absolute Gasteiger partial charge is 0.496 e. The van der Waals surface area contributed by atoms with Gasteiger partial charge in [-0.15, -0.1) is 0 Å². The van der Waals surface area contributed by atoms with Crippen LogP contribution in [0.5, 0.6) is 11.5 Å². The summed E-state index contributed by atoms with van der Waals surface area (Å²) in [5.74, 6) is 0.941. The molecule has 0 saturated heterocycles. The molecular weight excluding hydrogens is 537 g/mol. The van der Waals surface area contributed by atoms with Gasteiger partial charge in [0, 0.05) is 28.8 Å². The Kier molecular flexibility index (Phi) is 9.76. The van der Waals surface area contributed by atoms with Crippen molar-refractivity contribution >= 4 is 28.5 Å². The summed E-state index contributed by atoms with van der Waals surface area (Å²) < 4.78 is 24.3. The van der Waals surface area contributed by atoms with E-state index in [0.717, 1.165) is 53.8 Å². The fourth-order valence-corrected chi connectivity index (χ4v) is 4.87. The van der Waals surface area contributed by atoms with Crippen LogP contribution in [0.4, 0.5) is 4.39 Å². The molecule has 0 spiro atoms. The number of fused-ring (bicyclic) bond motifs is 1. The maximum atomic E-state index is 12.7. The van der Waals surface area contributed by atoms with E-state index in [1.165, 1.54) is 11.1 Å². The fraction of sp³-hybridized carbons (Fsp3) is 0.480. The van der Waals surface area contributed by atoms with Gasteiger partial charge in [0.05, 0.1) is 19.3 Å². The minimum absolute atomic E-state index is 0.154. The van der Waals surface area contributed by atoms with Crippen LogP contribution in [0.1, 0.15) is 45.5 Å². The normalized spacial score (nSPS) is 13.5. The number of carbonyl (C=O) groups is 1. The number of alkyl halides is 1. The van der Waals surface area contributed by atoms with Crippen molar-refractivity contribution in [1.82, 2.24) is 10.2 Å². The van der Waals surface area contributed by atoms with Gasteiger partial charge in [0.2, 0.25) is 0 Å². The third-order valence-electron chi connectivity index (χ3n) is 5.86. The number of nitrogens with zero attached hydrogens (tertiary/aromatic N) is 1. The Morgan fingerprint density at radius 3 is 2.79 bits per heavy atom. The second-order valence-electron chi connectivity index (χ2n) is 8.22. The predicted molar refractivity (Wildman–Crippen MR) is 135 cm³/mol. The molecule has 1 amide bonds. The van der Waals surface area contributed by atoms with E-state index in [1.807, 2.05) is 0 Å². The van der Waals surface area contributed by atoms with Crippen molar-refractivity contribution in [1.29, 1.82) is 0 Å². The quantitative estimate of drug-likeness (QED) is 0.316. The topological polar surface area (TPSA) is 71.0 Å². The van der Waals surface area contributed by atoms with E-state index in [-0.39, 0.29) is 24.9 Å². The number of carbonyl (C=O) groups excluding carboxylic acids is 1. The number of amides is 1. The Morgan fingerprint density at radius 2 is 2.06 bits per heavy atom. The number of aliphatic hydroxyl groups is 1. The molecule has 2 N–H and O–H groups in total. The Morgan fingerprint density at radius 1 is 1.24 bits per heavy atom. The van der Waals surface area contributed by atoms with Crippen molar-refractivity contribution in [2.75, 3.05) is 40.0 Å². The van der Waals surface area contributed by atoms with E-state index in [4.69, 9.17) is 9.47 Å². The molecule has 180 valence electrons. The maximum absolute atomic E-state index is 12.7. The average molecular weight is 569 g/mol. The molecule has 8 heteroatoms. The van der Waals surface area contributed by atoms with Gasteiger partial charge in [0.1, 0.15) is 24.8 Å². The highest BCUT2D eigenvalue weighted by Gasteiger charge is 2.19. The highest BCUT2D eigenvalue weighted by atomic mass is 127. The lowest BCUT2D eigenvalue weighted by Crippen LogP contribution is -2.32. The summed E-state index contributed by atoms with van der Waals surface area (Å²) >= 11 is 2.09. The molecule has 0 saturated carbocycles. The van der Waals surface area contributed by atoms with Crippen LogP contribution in [-0.2, 0) is 19.6 Å². The van der Waals surface area contributed by atoms with Gasteiger partial charge in [-0.2, -0.15) is 0 Å². The number of hydrogen-bond acceptors (Lipinski definition) is 5. The van der Waals surface area contributed by atoms with E-state index >= 15 is 0 Å². The molecule has 33 heavy (non-hydrogen) atoms. The van der Waals surface area contributed by atoms with Crippen molar-refractivity contribution in [3.63, 3.8) is 0 Å². The number of nitrogens with one attached hydrogen (secondary N) is 1. The zero-order valence-corrected chi connectivity index (χ0v) is 21.4. The zero-order chi connectivity index (χ0) is 23.8. The first kappa shape index (κ1) is 25.7. The van der Waals surface area contributed by atoms with Crippen LogP contribution in [0.25, 0.3) is 0 Å². The number of unbranched alkanes of at least 4 members (excludes halogenated alkanes) is 1.